The molecule has 2 atom stereocenters. The molecule has 2 unspecified atom stereocenters. The monoisotopic (exact) mass is 358 g/mol. The van der Waals surface area contributed by atoms with E-state index in [-0.39, 0.29) is 24.2 Å². The smallest absolute Gasteiger partial charge is 0.254 e. The number of rotatable bonds is 5. The summed E-state index contributed by atoms with van der Waals surface area (Å²) in [6.45, 7) is 6.02. The number of hydrogen-bond donors (Lipinski definition) is 1. The van der Waals surface area contributed by atoms with Gasteiger partial charge in [0.05, 0.1) is 5.56 Å². The Labute approximate surface area is 156 Å². The van der Waals surface area contributed by atoms with Crippen molar-refractivity contribution in [2.45, 2.75) is 32.6 Å². The number of likely N-dealkylation sites (tertiary alicyclic amines) is 2. The quantitative estimate of drug-likeness (QED) is 0.822. The fourth-order valence-electron chi connectivity index (χ4n) is 4.32. The highest BCUT2D eigenvalue weighted by atomic mass is 16.3. The molecule has 2 aliphatic heterocycles. The van der Waals surface area contributed by atoms with Crippen LogP contribution in [0.15, 0.2) is 24.3 Å². The van der Waals surface area contributed by atoms with E-state index in [1.54, 1.807) is 24.3 Å². The van der Waals surface area contributed by atoms with Crippen LogP contribution < -0.4 is 0 Å². The van der Waals surface area contributed by atoms with Crippen LogP contribution in [0.5, 0.6) is 0 Å². The second kappa shape index (κ2) is 8.78. The normalized spacial score (nSPS) is 24.5. The third kappa shape index (κ3) is 4.33. The molecule has 1 amide bonds. The van der Waals surface area contributed by atoms with Crippen molar-refractivity contribution in [1.29, 1.82) is 0 Å². The number of hydrogen-bond acceptors (Lipinski definition) is 4. The van der Waals surface area contributed by atoms with Crippen LogP contribution in [0, 0.1) is 11.8 Å². The number of carbonyl (C=O) groups excluding carboxylic acids is 2. The van der Waals surface area contributed by atoms with Gasteiger partial charge in [-0.1, -0.05) is 31.0 Å². The largest absolute Gasteiger partial charge is 0.396 e. The molecule has 5 heteroatoms. The van der Waals surface area contributed by atoms with Crippen molar-refractivity contribution >= 4 is 11.7 Å². The van der Waals surface area contributed by atoms with E-state index in [0.29, 0.717) is 30.1 Å². The highest BCUT2D eigenvalue weighted by molar-refractivity contribution is 6.07. The minimum Gasteiger partial charge on any atom is -0.396 e. The molecule has 0 aliphatic carbocycles. The number of Topliss-reactive ketones (excluding diaryl/α,β-unsaturated/α-hetero) is 1. The summed E-state index contributed by atoms with van der Waals surface area (Å²) in [7, 11) is 0. The summed E-state index contributed by atoms with van der Waals surface area (Å²) in [6.07, 6.45) is 5.09. The van der Waals surface area contributed by atoms with E-state index in [0.717, 1.165) is 19.6 Å². The highest BCUT2D eigenvalue weighted by Crippen LogP contribution is 2.27. The Kier molecular flexibility index (Phi) is 6.43. The standard InChI is InChI=1S/C21H30N2O3/c1-16(25)19-8-4-5-9-20(19)21(26)23-13-17(18(14-23)15-24)12-22-10-6-2-3-7-11-22/h4-5,8-9,17-18,24H,2-3,6-7,10-15H2,1H3. The number of amides is 1. The van der Waals surface area contributed by atoms with Crippen LogP contribution in [0.3, 0.4) is 0 Å². The van der Waals surface area contributed by atoms with Crippen LogP contribution in [-0.4, -0.2) is 65.9 Å². The second-order valence-electron chi connectivity index (χ2n) is 7.73. The van der Waals surface area contributed by atoms with Gasteiger partial charge >= 0.3 is 0 Å². The SMILES string of the molecule is CC(=O)c1ccccc1C(=O)N1CC(CO)C(CN2CCCCCC2)C1. The Balaban J connectivity index is 1.70. The Hall–Kier alpha value is -1.72. The third-order valence-electron chi connectivity index (χ3n) is 5.83. The first-order valence-electron chi connectivity index (χ1n) is 9.82. The number of aliphatic hydroxyl groups excluding tert-OH is 1. The molecule has 1 aromatic rings. The van der Waals surface area contributed by atoms with Crippen LogP contribution in [0.4, 0.5) is 0 Å². The maximum Gasteiger partial charge on any atom is 0.254 e. The molecule has 142 valence electrons. The predicted molar refractivity (Wildman–Crippen MR) is 101 cm³/mol. The lowest BCUT2D eigenvalue weighted by atomic mass is 9.96. The molecule has 1 N–H and O–H groups in total. The molecule has 0 spiro atoms. The molecule has 3 rings (SSSR count). The number of carbonyl (C=O) groups is 2. The van der Waals surface area contributed by atoms with E-state index in [1.807, 2.05) is 4.90 Å². The molecule has 26 heavy (non-hydrogen) atoms. The Morgan fingerprint density at radius 3 is 2.23 bits per heavy atom. The summed E-state index contributed by atoms with van der Waals surface area (Å²) in [4.78, 5) is 29.2. The first-order valence-corrected chi connectivity index (χ1v) is 9.82. The van der Waals surface area contributed by atoms with Crippen molar-refractivity contribution in [2.75, 3.05) is 39.3 Å². The van der Waals surface area contributed by atoms with Gasteiger partial charge in [0.2, 0.25) is 0 Å². The maximum atomic E-state index is 13.0. The molecule has 2 heterocycles. The molecule has 0 aromatic heterocycles. The minimum absolute atomic E-state index is 0.0898. The van der Waals surface area contributed by atoms with Gasteiger partial charge in [-0.3, -0.25) is 9.59 Å². The van der Waals surface area contributed by atoms with Crippen LogP contribution in [-0.2, 0) is 0 Å². The fourth-order valence-corrected chi connectivity index (χ4v) is 4.32. The lowest BCUT2D eigenvalue weighted by Crippen LogP contribution is -2.35. The van der Waals surface area contributed by atoms with E-state index in [1.165, 1.54) is 32.6 Å². The van der Waals surface area contributed by atoms with Gasteiger partial charge in [-0.05, 0) is 44.8 Å². The Bertz CT molecular complexity index is 638. The van der Waals surface area contributed by atoms with Gasteiger partial charge in [-0.15, -0.1) is 0 Å². The van der Waals surface area contributed by atoms with E-state index in [9.17, 15) is 14.7 Å². The van der Waals surface area contributed by atoms with E-state index in [2.05, 4.69) is 4.90 Å². The third-order valence-corrected chi connectivity index (χ3v) is 5.83. The topological polar surface area (TPSA) is 60.9 Å². The number of ketones is 1. The summed E-state index contributed by atoms with van der Waals surface area (Å²) in [5.41, 5.74) is 0.959. The summed E-state index contributed by atoms with van der Waals surface area (Å²) >= 11 is 0. The first-order chi connectivity index (χ1) is 12.6. The fraction of sp³-hybridized carbons (Fsp3) is 0.619. The van der Waals surface area contributed by atoms with Crippen LogP contribution in [0.25, 0.3) is 0 Å². The van der Waals surface area contributed by atoms with Gasteiger partial charge in [-0.25, -0.2) is 0 Å². The van der Waals surface area contributed by atoms with Gasteiger partial charge in [0.25, 0.3) is 5.91 Å². The highest BCUT2D eigenvalue weighted by Gasteiger charge is 2.36. The molecular formula is C21H30N2O3. The van der Waals surface area contributed by atoms with Crippen LogP contribution in [0.1, 0.15) is 53.3 Å². The van der Waals surface area contributed by atoms with E-state index in [4.69, 9.17) is 0 Å². The lowest BCUT2D eigenvalue weighted by Gasteiger charge is -2.26. The average Bonchev–Trinajstić information content (AvgIpc) is 2.87. The molecule has 2 fully saturated rings. The van der Waals surface area contributed by atoms with Crippen molar-refractivity contribution in [2.24, 2.45) is 11.8 Å². The van der Waals surface area contributed by atoms with Crippen molar-refractivity contribution in [3.63, 3.8) is 0 Å². The molecule has 0 bridgehead atoms. The van der Waals surface area contributed by atoms with Gasteiger partial charge in [0.15, 0.2) is 5.78 Å². The lowest BCUT2D eigenvalue weighted by molar-refractivity contribution is 0.0773. The Morgan fingerprint density at radius 1 is 1.00 bits per heavy atom. The summed E-state index contributed by atoms with van der Waals surface area (Å²) < 4.78 is 0. The number of nitrogens with zero attached hydrogens (tertiary/aromatic N) is 2. The molecule has 5 nitrogen and oxygen atoms in total. The zero-order chi connectivity index (χ0) is 18.5. The summed E-state index contributed by atoms with van der Waals surface area (Å²) in [5, 5.41) is 9.82. The van der Waals surface area contributed by atoms with E-state index < -0.39 is 0 Å². The first kappa shape index (κ1) is 19.1. The van der Waals surface area contributed by atoms with Crippen molar-refractivity contribution in [3.8, 4) is 0 Å². The molecule has 2 aliphatic rings. The van der Waals surface area contributed by atoms with Gasteiger partial charge < -0.3 is 14.9 Å². The van der Waals surface area contributed by atoms with Crippen molar-refractivity contribution in [1.82, 2.24) is 9.80 Å². The average molecular weight is 358 g/mol. The molecule has 0 saturated carbocycles. The summed E-state index contributed by atoms with van der Waals surface area (Å²) in [5.74, 6) is 0.235. The zero-order valence-corrected chi connectivity index (χ0v) is 15.7. The van der Waals surface area contributed by atoms with Gasteiger partial charge in [0.1, 0.15) is 0 Å². The molecule has 2 saturated heterocycles. The second-order valence-corrected chi connectivity index (χ2v) is 7.73. The summed E-state index contributed by atoms with van der Waals surface area (Å²) in [6, 6.07) is 7.03. The van der Waals surface area contributed by atoms with Gasteiger partial charge in [-0.2, -0.15) is 0 Å². The molecule has 1 aromatic carbocycles. The maximum absolute atomic E-state index is 13.0. The minimum atomic E-state index is -0.0902. The Morgan fingerprint density at radius 2 is 1.62 bits per heavy atom. The van der Waals surface area contributed by atoms with E-state index >= 15 is 0 Å². The molecular weight excluding hydrogens is 328 g/mol. The zero-order valence-electron chi connectivity index (χ0n) is 15.7. The number of benzene rings is 1. The number of aliphatic hydroxyl groups is 1. The van der Waals surface area contributed by atoms with Crippen LogP contribution in [0.2, 0.25) is 0 Å². The predicted octanol–water partition coefficient (Wildman–Crippen LogP) is 2.45. The molecule has 0 radical (unpaired) electrons. The van der Waals surface area contributed by atoms with Crippen LogP contribution >= 0.6 is 0 Å². The van der Waals surface area contributed by atoms with Crippen molar-refractivity contribution < 1.29 is 14.7 Å². The van der Waals surface area contributed by atoms with Gasteiger partial charge in [0, 0.05) is 37.7 Å². The van der Waals surface area contributed by atoms with Crippen molar-refractivity contribution in [3.05, 3.63) is 35.4 Å².